The second-order valence-corrected chi connectivity index (χ2v) is 7.87. The molecule has 2 aliphatic rings. The van der Waals surface area contributed by atoms with E-state index in [2.05, 4.69) is 20.5 Å². The number of hydrogen-bond acceptors (Lipinski definition) is 5. The third kappa shape index (κ3) is 3.28. The molecule has 1 atom stereocenters. The van der Waals surface area contributed by atoms with Gasteiger partial charge in [0, 0.05) is 29.2 Å². The molecule has 160 valence electrons. The number of carbonyl (C=O) groups excluding carboxylic acids is 1. The molecule has 2 aromatic carbocycles. The minimum atomic E-state index is -0.650. The van der Waals surface area contributed by atoms with Crippen molar-refractivity contribution in [1.29, 1.82) is 0 Å². The highest BCUT2D eigenvalue weighted by atomic mass is 19.1. The zero-order valence-electron chi connectivity index (χ0n) is 17.6. The monoisotopic (exact) mass is 428 g/mol. The van der Waals surface area contributed by atoms with Crippen LogP contribution in [0, 0.1) is 12.7 Å². The molecule has 2 aliphatic heterocycles. The zero-order valence-corrected chi connectivity index (χ0v) is 17.6. The lowest BCUT2D eigenvalue weighted by Crippen LogP contribution is -2.44. The minimum Gasteiger partial charge on any atom is -0.445 e. The molecule has 3 heterocycles. The topological polar surface area (TPSA) is 70.4 Å². The molecule has 0 fully saturated rings. The van der Waals surface area contributed by atoms with Crippen molar-refractivity contribution in [3.8, 4) is 0 Å². The molecular formula is C25H21FN4O2. The standard InChI is InChI=1S/C25H21FN4O2/c1-16-5-6-17(14-21(16)23(31)29-19-9-7-18(26)8-10-19)20-4-3-12-30-22(20)15-28-25(30,2)24-27-11-13-32-24/h3-15,28H,1-2H3,(H,29,31). The molecule has 0 aliphatic carbocycles. The number of aryl methyl sites for hydroxylation is 1. The SMILES string of the molecule is Cc1ccc(C2=CC=CN3C2=CNC3(C)c2ncco2)cc1C(=O)Nc1ccc(F)cc1. The van der Waals surface area contributed by atoms with Crippen LogP contribution in [0.3, 0.4) is 0 Å². The van der Waals surface area contributed by atoms with Crippen LogP contribution in [0.1, 0.15) is 34.3 Å². The number of halogens is 1. The molecule has 32 heavy (non-hydrogen) atoms. The molecule has 1 unspecified atom stereocenters. The van der Waals surface area contributed by atoms with Gasteiger partial charge in [-0.3, -0.25) is 4.79 Å². The van der Waals surface area contributed by atoms with Gasteiger partial charge in [0.2, 0.25) is 5.89 Å². The maximum atomic E-state index is 13.2. The summed E-state index contributed by atoms with van der Waals surface area (Å²) in [5.41, 5.74) is 4.10. The highest BCUT2D eigenvalue weighted by molar-refractivity contribution is 6.06. The summed E-state index contributed by atoms with van der Waals surface area (Å²) in [6.45, 7) is 3.88. The van der Waals surface area contributed by atoms with Gasteiger partial charge in [-0.25, -0.2) is 9.37 Å². The zero-order chi connectivity index (χ0) is 22.3. The van der Waals surface area contributed by atoms with Crippen molar-refractivity contribution in [3.63, 3.8) is 0 Å². The molecule has 5 rings (SSSR count). The van der Waals surface area contributed by atoms with Gasteiger partial charge >= 0.3 is 0 Å². The van der Waals surface area contributed by atoms with Crippen LogP contribution in [0.2, 0.25) is 0 Å². The predicted octanol–water partition coefficient (Wildman–Crippen LogP) is 4.90. The normalized spacial score (nSPS) is 19.2. The fourth-order valence-electron chi connectivity index (χ4n) is 3.98. The number of rotatable bonds is 4. The van der Waals surface area contributed by atoms with Gasteiger partial charge in [0.05, 0.1) is 11.9 Å². The lowest BCUT2D eigenvalue weighted by atomic mass is 9.95. The fraction of sp³-hybridized carbons (Fsp3) is 0.120. The maximum absolute atomic E-state index is 13.2. The first-order valence-corrected chi connectivity index (χ1v) is 10.2. The molecule has 0 bridgehead atoms. The van der Waals surface area contributed by atoms with Gasteiger partial charge in [-0.15, -0.1) is 0 Å². The summed E-state index contributed by atoms with van der Waals surface area (Å²) in [7, 11) is 0. The number of nitrogens with one attached hydrogen (secondary N) is 2. The summed E-state index contributed by atoms with van der Waals surface area (Å²) in [4.78, 5) is 19.3. The second kappa shape index (κ2) is 7.53. The van der Waals surface area contributed by atoms with Crippen molar-refractivity contribution in [2.45, 2.75) is 19.5 Å². The number of oxazole rings is 1. The number of aromatic nitrogens is 1. The van der Waals surface area contributed by atoms with Gasteiger partial charge < -0.3 is 20.0 Å². The molecule has 0 radical (unpaired) electrons. The van der Waals surface area contributed by atoms with Crippen LogP contribution in [-0.4, -0.2) is 15.8 Å². The highest BCUT2D eigenvalue weighted by Crippen LogP contribution is 2.41. The summed E-state index contributed by atoms with van der Waals surface area (Å²) in [6.07, 6.45) is 11.0. The average molecular weight is 428 g/mol. The van der Waals surface area contributed by atoms with E-state index in [0.717, 1.165) is 22.4 Å². The third-order valence-corrected chi connectivity index (χ3v) is 5.75. The molecule has 0 spiro atoms. The number of anilines is 1. The van der Waals surface area contributed by atoms with Gasteiger partial charge in [-0.2, -0.15) is 0 Å². The highest BCUT2D eigenvalue weighted by Gasteiger charge is 2.43. The summed E-state index contributed by atoms with van der Waals surface area (Å²) in [5, 5.41) is 6.21. The van der Waals surface area contributed by atoms with E-state index in [1.54, 1.807) is 12.5 Å². The van der Waals surface area contributed by atoms with E-state index in [1.807, 2.05) is 56.6 Å². The lowest BCUT2D eigenvalue weighted by Gasteiger charge is -2.35. The molecule has 1 aromatic heterocycles. The van der Waals surface area contributed by atoms with E-state index in [0.29, 0.717) is 17.1 Å². The smallest absolute Gasteiger partial charge is 0.255 e. The molecule has 1 amide bonds. The molecule has 7 heteroatoms. The van der Waals surface area contributed by atoms with Crippen molar-refractivity contribution in [1.82, 2.24) is 15.2 Å². The number of hydrogen-bond donors (Lipinski definition) is 2. The predicted molar refractivity (Wildman–Crippen MR) is 120 cm³/mol. The molecule has 0 saturated carbocycles. The van der Waals surface area contributed by atoms with Gasteiger partial charge in [-0.05, 0) is 61.4 Å². The number of fused-ring (bicyclic) bond motifs is 1. The van der Waals surface area contributed by atoms with E-state index in [9.17, 15) is 9.18 Å². The Morgan fingerprint density at radius 2 is 2.03 bits per heavy atom. The van der Waals surface area contributed by atoms with Crippen LogP contribution in [0.25, 0.3) is 5.57 Å². The molecule has 6 nitrogen and oxygen atoms in total. The molecule has 0 saturated heterocycles. The van der Waals surface area contributed by atoms with Gasteiger partial charge in [0.15, 0.2) is 5.66 Å². The minimum absolute atomic E-state index is 0.247. The van der Waals surface area contributed by atoms with Crippen LogP contribution in [0.5, 0.6) is 0 Å². The first-order valence-electron chi connectivity index (χ1n) is 10.2. The molecule has 3 aromatic rings. The van der Waals surface area contributed by atoms with E-state index in [4.69, 9.17) is 4.42 Å². The fourth-order valence-corrected chi connectivity index (χ4v) is 3.98. The van der Waals surface area contributed by atoms with Crippen molar-refractivity contribution in [2.75, 3.05) is 5.32 Å². The largest absolute Gasteiger partial charge is 0.445 e. The van der Waals surface area contributed by atoms with E-state index in [-0.39, 0.29) is 11.7 Å². The van der Waals surface area contributed by atoms with Crippen LogP contribution in [-0.2, 0) is 5.66 Å². The van der Waals surface area contributed by atoms with Crippen LogP contribution in [0.15, 0.2) is 89.6 Å². The quantitative estimate of drug-likeness (QED) is 0.618. The number of nitrogens with zero attached hydrogens (tertiary/aromatic N) is 2. The van der Waals surface area contributed by atoms with E-state index >= 15 is 0 Å². The first kappa shape index (κ1) is 19.8. The lowest BCUT2D eigenvalue weighted by molar-refractivity contribution is 0.102. The Morgan fingerprint density at radius 3 is 2.78 bits per heavy atom. The molecule has 2 N–H and O–H groups in total. The molecular weight excluding hydrogens is 407 g/mol. The Hall–Kier alpha value is -4.13. The number of allylic oxidation sites excluding steroid dienone is 3. The Kier molecular flexibility index (Phi) is 4.66. The second-order valence-electron chi connectivity index (χ2n) is 7.87. The van der Waals surface area contributed by atoms with Crippen LogP contribution < -0.4 is 10.6 Å². The van der Waals surface area contributed by atoms with Crippen molar-refractivity contribution in [3.05, 3.63) is 114 Å². The van der Waals surface area contributed by atoms with Gasteiger partial charge in [0.25, 0.3) is 5.91 Å². The van der Waals surface area contributed by atoms with Gasteiger partial charge in [0.1, 0.15) is 12.1 Å². The first-order chi connectivity index (χ1) is 15.5. The maximum Gasteiger partial charge on any atom is 0.255 e. The number of benzene rings is 2. The Bertz CT molecular complexity index is 1280. The van der Waals surface area contributed by atoms with Crippen molar-refractivity contribution in [2.24, 2.45) is 0 Å². The Morgan fingerprint density at radius 1 is 1.22 bits per heavy atom. The van der Waals surface area contributed by atoms with E-state index < -0.39 is 5.66 Å². The number of amides is 1. The van der Waals surface area contributed by atoms with Crippen molar-refractivity contribution >= 4 is 17.2 Å². The third-order valence-electron chi connectivity index (χ3n) is 5.75. The summed E-state index contributed by atoms with van der Waals surface area (Å²) < 4.78 is 18.7. The van der Waals surface area contributed by atoms with Crippen LogP contribution >= 0.6 is 0 Å². The van der Waals surface area contributed by atoms with Crippen molar-refractivity contribution < 1.29 is 13.6 Å². The summed E-state index contributed by atoms with van der Waals surface area (Å²) in [5.74, 6) is -0.0425. The van der Waals surface area contributed by atoms with E-state index in [1.165, 1.54) is 24.3 Å². The Balaban J connectivity index is 1.44. The number of carbonyl (C=O) groups is 1. The van der Waals surface area contributed by atoms with Gasteiger partial charge in [-0.1, -0.05) is 18.2 Å². The summed E-state index contributed by atoms with van der Waals surface area (Å²) in [6, 6.07) is 11.5. The summed E-state index contributed by atoms with van der Waals surface area (Å²) >= 11 is 0. The average Bonchev–Trinajstić information content (AvgIpc) is 3.45. The van der Waals surface area contributed by atoms with Crippen LogP contribution in [0.4, 0.5) is 10.1 Å². The Labute approximate surface area is 184 Å².